The zero-order valence-electron chi connectivity index (χ0n) is 60.2. The number of benzene rings is 3. The first-order chi connectivity index (χ1) is 51.7. The molecule has 3 aromatic carbocycles. The number of carbonyl (C=O) groups is 2. The Kier molecular flexibility index (Phi) is 31.5. The molecule has 10 N–H and O–H groups in total. The van der Waals surface area contributed by atoms with E-state index in [0.717, 1.165) is 55.8 Å². The van der Waals surface area contributed by atoms with Crippen molar-refractivity contribution in [3.63, 3.8) is 0 Å². The maximum Gasteiger partial charge on any atom is 0.490 e. The summed E-state index contributed by atoms with van der Waals surface area (Å²) in [6, 6.07) is 20.8. The average Bonchev–Trinajstić information content (AvgIpc) is 1.59. The second-order valence-corrected chi connectivity index (χ2v) is 35.2. The van der Waals surface area contributed by atoms with E-state index in [4.69, 9.17) is 38.2 Å². The van der Waals surface area contributed by atoms with Crippen LogP contribution in [0.4, 0.5) is 11.4 Å². The highest BCUT2D eigenvalue weighted by atomic mass is 32.2. The van der Waals surface area contributed by atoms with Crippen LogP contribution in [0, 0.1) is 11.8 Å². The number of amides is 2. The molecule has 0 spiro atoms. The van der Waals surface area contributed by atoms with Crippen LogP contribution in [0.1, 0.15) is 108 Å². The number of para-hydroxylation sites is 2. The second kappa shape index (κ2) is 39.1. The SMILES string of the molecule is CC1(C)C(/C=C/C2=C(Oc3ccc(S(=O)(=O)O)cc3)C(=C/C=C3/N(CCCS(=O)(=O)O)c4ccccc4C3(C)CCCC(=O)NCCOCCOCCOCCOCCC(=O)NCC#Cc3cn([C@H]4C[C@H](O)[C@@H](COP(=O)(O)OP(=O)(O)OP(=O)(O)O)O4)c(=O)[nH]c3=O)/CCC2)=[N+](CCCS(=O)(=O)[O-])c2ccccc21. The lowest BCUT2D eigenvalue weighted by molar-refractivity contribution is -0.437. The molecule has 4 heterocycles. The quantitative estimate of drug-likeness (QED) is 0.00923. The number of rotatable bonds is 42. The number of hydrogen-bond acceptors (Lipinski definition) is 25. The van der Waals surface area contributed by atoms with Gasteiger partial charge >= 0.3 is 29.2 Å². The number of aliphatic hydroxyl groups is 1. The number of anilines is 1. The van der Waals surface area contributed by atoms with Crippen LogP contribution in [0.3, 0.4) is 0 Å². The number of carbonyl (C=O) groups excluding carboxylic acids is 2. The van der Waals surface area contributed by atoms with Crippen molar-refractivity contribution in [2.24, 2.45) is 0 Å². The molecule has 8 rings (SSSR count). The third-order valence-electron chi connectivity index (χ3n) is 17.8. The monoisotopic (exact) mass is 1660 g/mol. The van der Waals surface area contributed by atoms with E-state index in [2.05, 4.69) is 56.4 Å². The minimum absolute atomic E-state index is 0.0351. The van der Waals surface area contributed by atoms with E-state index in [0.29, 0.717) is 37.9 Å². The van der Waals surface area contributed by atoms with Crippen molar-refractivity contribution in [3.05, 3.63) is 163 Å². The van der Waals surface area contributed by atoms with E-state index < -0.39 is 118 Å². The van der Waals surface area contributed by atoms with Gasteiger partial charge in [0.15, 0.2) is 5.71 Å². The fourth-order valence-corrected chi connectivity index (χ4v) is 17.2. The van der Waals surface area contributed by atoms with Gasteiger partial charge in [-0.25, -0.2) is 26.9 Å². The zero-order valence-corrected chi connectivity index (χ0v) is 65.3. The van der Waals surface area contributed by atoms with Gasteiger partial charge < -0.3 is 73.2 Å². The van der Waals surface area contributed by atoms with Crippen LogP contribution >= 0.6 is 23.5 Å². The van der Waals surface area contributed by atoms with Crippen molar-refractivity contribution in [1.82, 2.24) is 20.2 Å². The number of nitrogens with zero attached hydrogens (tertiary/aromatic N) is 3. The number of nitrogens with one attached hydrogen (secondary N) is 3. The first-order valence-electron chi connectivity index (χ1n) is 34.6. The fraction of sp³-hybridized carbons (Fsp3) is 0.485. The number of hydrogen-bond donors (Lipinski definition) is 10. The molecule has 1 aliphatic carbocycles. The molecule has 42 heteroatoms. The molecule has 4 aromatic rings. The minimum atomic E-state index is -5.82. The summed E-state index contributed by atoms with van der Waals surface area (Å²) in [6.07, 6.45) is 7.17. The van der Waals surface area contributed by atoms with E-state index in [1.165, 1.54) is 24.3 Å². The third-order valence-corrected chi connectivity index (χ3v) is 24.1. The third kappa shape index (κ3) is 26.5. The highest BCUT2D eigenvalue weighted by Crippen LogP contribution is 2.66. The average molecular weight is 1660 g/mol. The Morgan fingerprint density at radius 1 is 0.764 bits per heavy atom. The van der Waals surface area contributed by atoms with Crippen LogP contribution in [0.2, 0.25) is 0 Å². The van der Waals surface area contributed by atoms with Gasteiger partial charge in [0, 0.05) is 85.2 Å². The molecule has 3 aliphatic heterocycles. The van der Waals surface area contributed by atoms with Crippen molar-refractivity contribution >= 4 is 82.7 Å². The van der Waals surface area contributed by atoms with Gasteiger partial charge in [-0.05, 0) is 118 Å². The molecule has 3 unspecified atom stereocenters. The number of phosphoric acid groups is 3. The first-order valence-corrected chi connectivity index (χ1v) is 43.8. The van der Waals surface area contributed by atoms with Crippen LogP contribution < -0.4 is 31.5 Å². The number of H-pyrrole nitrogens is 1. The van der Waals surface area contributed by atoms with Gasteiger partial charge in [-0.2, -0.15) is 30.0 Å². The highest BCUT2D eigenvalue weighted by Gasteiger charge is 2.47. The summed E-state index contributed by atoms with van der Waals surface area (Å²) in [5, 5.41) is 15.9. The van der Waals surface area contributed by atoms with E-state index in [-0.39, 0.29) is 133 Å². The minimum Gasteiger partial charge on any atom is -0.748 e. The smallest absolute Gasteiger partial charge is 0.490 e. The van der Waals surface area contributed by atoms with Crippen LogP contribution in [0.25, 0.3) is 0 Å². The predicted molar refractivity (Wildman–Crippen MR) is 394 cm³/mol. The van der Waals surface area contributed by atoms with Gasteiger partial charge in [0.25, 0.3) is 25.8 Å². The molecule has 604 valence electrons. The Morgan fingerprint density at radius 3 is 2.07 bits per heavy atom. The Balaban J connectivity index is 0.775. The summed E-state index contributed by atoms with van der Waals surface area (Å²) >= 11 is 0. The lowest BCUT2D eigenvalue weighted by Crippen LogP contribution is -2.34. The Hall–Kier alpha value is -7.03. The summed E-state index contributed by atoms with van der Waals surface area (Å²) in [5.74, 6) is 4.13. The van der Waals surface area contributed by atoms with Crippen molar-refractivity contribution < 1.29 is 133 Å². The number of ether oxygens (including phenoxy) is 6. The van der Waals surface area contributed by atoms with Gasteiger partial charge in [0.2, 0.25) is 17.5 Å². The lowest BCUT2D eigenvalue weighted by Gasteiger charge is -2.31. The fourth-order valence-electron chi connectivity index (χ4n) is 12.8. The largest absolute Gasteiger partial charge is 0.748 e. The molecule has 1 fully saturated rings. The predicted octanol–water partition coefficient (Wildman–Crippen LogP) is 4.94. The first kappa shape index (κ1) is 88.5. The van der Waals surface area contributed by atoms with E-state index in [9.17, 15) is 86.7 Å². The van der Waals surface area contributed by atoms with Gasteiger partial charge in [-0.1, -0.05) is 54.3 Å². The van der Waals surface area contributed by atoms with Crippen molar-refractivity contribution in [2.75, 3.05) is 102 Å². The maximum absolute atomic E-state index is 13.4. The van der Waals surface area contributed by atoms with Crippen LogP contribution in [0.15, 0.2) is 140 Å². The molecular formula is C68H89N6O30P3S3. The highest BCUT2D eigenvalue weighted by molar-refractivity contribution is 7.86. The molecule has 2 amide bonds. The molecular weight excluding hydrogens is 1570 g/mol. The summed E-state index contributed by atoms with van der Waals surface area (Å²) in [7, 11) is -30.4. The van der Waals surface area contributed by atoms with Crippen molar-refractivity contribution in [3.8, 4) is 17.6 Å². The zero-order chi connectivity index (χ0) is 80.3. The number of allylic oxidation sites excluding steroid dienone is 7. The number of phosphoric ester groups is 1. The molecule has 0 saturated carbocycles. The Morgan fingerprint density at radius 2 is 1.41 bits per heavy atom. The summed E-state index contributed by atoms with van der Waals surface area (Å²) in [4.78, 5) is 91.0. The Labute approximate surface area is 634 Å². The molecule has 36 nitrogen and oxygen atoms in total. The lowest BCUT2D eigenvalue weighted by atomic mass is 9.77. The van der Waals surface area contributed by atoms with E-state index in [1.807, 2.05) is 87.3 Å². The molecule has 0 radical (unpaired) electrons. The van der Waals surface area contributed by atoms with Crippen LogP contribution in [-0.2, 0) is 101 Å². The molecule has 1 saturated heterocycles. The van der Waals surface area contributed by atoms with E-state index in [1.54, 1.807) is 0 Å². The van der Waals surface area contributed by atoms with Gasteiger partial charge in [0.1, 0.15) is 35.9 Å². The standard InChI is InChI=1S/C68H89N6O30P3S3/c1-67(2)53-16-4-6-18-55(53)72(33-11-43-108(87,88)89)59(67)27-21-48-13-8-14-49(64(48)101-51-23-25-52(26-24-51)110(93,94)95)22-28-60-68(3,54-17-5-7-19-56(54)73(60)34-12-44-109(90,91)92)30-9-20-61(76)70-32-36-97-38-40-99-42-41-98-39-37-96-35-29-62(77)69-31-10-15-50-46-74(66(79)71-65(50)78)63-45-57(75)58(102-63)47-100-106(83,84)104-107(85,86)103-105(80,81)82/h4-7,16-19,21-28,46,57-58,63,75H,8-9,11-14,20,29-45,47H2,1-3H3,(H9-,69,70,71,76,77,78,79,80,81,82,83,84,85,86,87,88,89,90,91,92,93,94,95)/t57-,58+,63+,68?/m0/s1. The van der Waals surface area contributed by atoms with Crippen LogP contribution in [0.5, 0.6) is 5.75 Å². The van der Waals surface area contributed by atoms with E-state index >= 15 is 0 Å². The summed E-state index contributed by atoms with van der Waals surface area (Å²) in [5.41, 5.74) is 3.37. The number of aromatic amines is 1. The molecule has 4 aliphatic rings. The number of aliphatic hydroxyl groups excluding tert-OH is 1. The Bertz CT molecular complexity index is 4840. The van der Waals surface area contributed by atoms with Gasteiger partial charge in [0.05, 0.1) is 98.3 Å². The topological polar surface area (TPSA) is 521 Å². The van der Waals surface area contributed by atoms with Crippen LogP contribution in [-0.4, -0.2) is 205 Å². The maximum atomic E-state index is 13.4. The molecule has 6 atom stereocenters. The summed E-state index contributed by atoms with van der Waals surface area (Å²) < 4.78 is 187. The molecule has 1 aromatic heterocycles. The van der Waals surface area contributed by atoms with Gasteiger partial charge in [-0.3, -0.25) is 37.6 Å². The number of aromatic nitrogens is 2. The summed E-state index contributed by atoms with van der Waals surface area (Å²) in [6.45, 7) is 7.19. The van der Waals surface area contributed by atoms with Crippen molar-refractivity contribution in [1.29, 1.82) is 0 Å². The number of fused-ring (bicyclic) bond motifs is 2. The normalized spacial score (nSPS) is 20.5. The molecule has 110 heavy (non-hydrogen) atoms. The van der Waals surface area contributed by atoms with Gasteiger partial charge in [-0.15, -0.1) is 0 Å². The molecule has 0 bridgehead atoms. The second-order valence-electron chi connectivity index (χ2n) is 26.3. The van der Waals surface area contributed by atoms with Crippen molar-refractivity contribution in [2.45, 2.75) is 119 Å².